The molecular weight excluding hydrogens is 477 g/mol. The molecule has 0 aliphatic heterocycles. The molecule has 0 aliphatic carbocycles. The van der Waals surface area contributed by atoms with Gasteiger partial charge in [0.1, 0.15) is 17.7 Å². The molecule has 0 aliphatic rings. The SMILES string of the molecule is Cn1ccnc1-c1ccc(-n2cnc3c(C(F)(F)F)nn(-c4ccc5onc(N)c5c4)c3c2=O)cc1. The van der Waals surface area contributed by atoms with Gasteiger partial charge in [-0.15, -0.1) is 0 Å². The van der Waals surface area contributed by atoms with Gasteiger partial charge >= 0.3 is 6.18 Å². The molecule has 36 heavy (non-hydrogen) atoms. The number of benzene rings is 2. The van der Waals surface area contributed by atoms with E-state index in [2.05, 4.69) is 20.2 Å². The lowest BCUT2D eigenvalue weighted by Crippen LogP contribution is -2.21. The normalized spacial score (nSPS) is 12.1. The standard InChI is InChI=1S/C23H15F3N8O2/c1-32-9-8-28-21(32)12-2-4-13(5-3-12)33-11-29-17-18(22(33)35)34(30-19(17)23(24,25)26)14-6-7-16-15(10-14)20(27)31-36-16/h2-11H,1H3,(H2,27,31). The van der Waals surface area contributed by atoms with Crippen molar-refractivity contribution < 1.29 is 17.7 Å². The number of halogens is 3. The molecule has 180 valence electrons. The molecule has 0 atom stereocenters. The zero-order valence-electron chi connectivity index (χ0n) is 18.4. The molecule has 0 saturated carbocycles. The Morgan fingerprint density at radius 3 is 2.47 bits per heavy atom. The summed E-state index contributed by atoms with van der Waals surface area (Å²) in [5, 5.41) is 7.74. The first-order chi connectivity index (χ1) is 17.2. The highest BCUT2D eigenvalue weighted by atomic mass is 19.4. The van der Waals surface area contributed by atoms with Crippen molar-refractivity contribution in [3.05, 3.63) is 77.2 Å². The number of alkyl halides is 3. The Kier molecular flexibility index (Phi) is 4.51. The molecule has 0 fully saturated rings. The number of rotatable bonds is 3. The summed E-state index contributed by atoms with van der Waals surface area (Å²) < 4.78 is 50.4. The van der Waals surface area contributed by atoms with E-state index in [1.54, 1.807) is 36.7 Å². The van der Waals surface area contributed by atoms with E-state index in [1.165, 1.54) is 18.2 Å². The highest BCUT2D eigenvalue weighted by Gasteiger charge is 2.39. The van der Waals surface area contributed by atoms with E-state index in [1.807, 2.05) is 11.6 Å². The van der Waals surface area contributed by atoms with Crippen molar-refractivity contribution in [2.75, 3.05) is 5.73 Å². The third-order valence-electron chi connectivity index (χ3n) is 5.80. The van der Waals surface area contributed by atoms with Gasteiger partial charge in [-0.05, 0) is 42.5 Å². The van der Waals surface area contributed by atoms with Crippen LogP contribution in [0.5, 0.6) is 0 Å². The number of aryl methyl sites for hydroxylation is 1. The minimum absolute atomic E-state index is 0.0581. The summed E-state index contributed by atoms with van der Waals surface area (Å²) in [5.74, 6) is 0.779. The molecule has 2 N–H and O–H groups in total. The van der Waals surface area contributed by atoms with Gasteiger partial charge in [0.15, 0.2) is 22.6 Å². The maximum Gasteiger partial charge on any atom is 0.437 e. The Hall–Kier alpha value is -4.94. The molecule has 0 bridgehead atoms. The van der Waals surface area contributed by atoms with Gasteiger partial charge in [0, 0.05) is 25.0 Å². The summed E-state index contributed by atoms with van der Waals surface area (Å²) in [6.45, 7) is 0. The first-order valence-corrected chi connectivity index (χ1v) is 10.5. The quantitative estimate of drug-likeness (QED) is 0.400. The van der Waals surface area contributed by atoms with Crippen molar-refractivity contribution in [3.63, 3.8) is 0 Å². The van der Waals surface area contributed by atoms with Gasteiger partial charge in [0.05, 0.1) is 16.8 Å². The van der Waals surface area contributed by atoms with Crippen molar-refractivity contribution >= 4 is 27.8 Å². The predicted molar refractivity (Wildman–Crippen MR) is 124 cm³/mol. The minimum Gasteiger partial charge on any atom is -0.380 e. The molecule has 10 nitrogen and oxygen atoms in total. The molecule has 0 unspecified atom stereocenters. The van der Waals surface area contributed by atoms with Crippen LogP contribution >= 0.6 is 0 Å². The summed E-state index contributed by atoms with van der Waals surface area (Å²) in [5.41, 5.74) is 4.61. The van der Waals surface area contributed by atoms with Crippen molar-refractivity contribution in [1.82, 2.24) is 34.0 Å². The lowest BCUT2D eigenvalue weighted by molar-refractivity contribution is -0.140. The number of hydrogen-bond acceptors (Lipinski definition) is 7. The van der Waals surface area contributed by atoms with Crippen LogP contribution in [0.25, 0.3) is 44.8 Å². The molecule has 6 aromatic rings. The van der Waals surface area contributed by atoms with Gasteiger partial charge in [-0.2, -0.15) is 18.3 Å². The van der Waals surface area contributed by atoms with E-state index in [0.29, 0.717) is 16.7 Å². The maximum absolute atomic E-state index is 13.8. The fraction of sp³-hybridized carbons (Fsp3) is 0.0870. The monoisotopic (exact) mass is 492 g/mol. The smallest absolute Gasteiger partial charge is 0.380 e. The summed E-state index contributed by atoms with van der Waals surface area (Å²) in [6.07, 6.45) is -0.312. The van der Waals surface area contributed by atoms with Crippen LogP contribution < -0.4 is 11.3 Å². The third-order valence-corrected chi connectivity index (χ3v) is 5.80. The molecule has 6 rings (SSSR count). The second-order valence-electron chi connectivity index (χ2n) is 8.03. The molecule has 4 aromatic heterocycles. The van der Waals surface area contributed by atoms with Gasteiger partial charge in [-0.3, -0.25) is 9.36 Å². The number of hydrogen-bond donors (Lipinski definition) is 1. The molecule has 0 spiro atoms. The molecule has 4 heterocycles. The molecule has 0 saturated heterocycles. The zero-order valence-corrected chi connectivity index (χ0v) is 18.4. The van der Waals surface area contributed by atoms with Crippen LogP contribution in [0.15, 0.2) is 70.5 Å². The van der Waals surface area contributed by atoms with Crippen LogP contribution in [0, 0.1) is 0 Å². The largest absolute Gasteiger partial charge is 0.437 e. The van der Waals surface area contributed by atoms with Crippen LogP contribution in [0.3, 0.4) is 0 Å². The van der Waals surface area contributed by atoms with Crippen molar-refractivity contribution in [1.29, 1.82) is 0 Å². The summed E-state index contributed by atoms with van der Waals surface area (Å²) in [4.78, 5) is 21.8. The zero-order chi connectivity index (χ0) is 25.2. The molecule has 0 radical (unpaired) electrons. The molecular formula is C23H15F3N8O2. The first-order valence-electron chi connectivity index (χ1n) is 10.5. The minimum atomic E-state index is -4.83. The Labute approximate surface area is 199 Å². The molecule has 2 aromatic carbocycles. The van der Waals surface area contributed by atoms with Crippen molar-refractivity contribution in [2.45, 2.75) is 6.18 Å². The lowest BCUT2D eigenvalue weighted by atomic mass is 10.2. The summed E-state index contributed by atoms with van der Waals surface area (Å²) in [6, 6.07) is 11.2. The van der Waals surface area contributed by atoms with Crippen LogP contribution in [-0.2, 0) is 13.2 Å². The number of nitrogen functional groups attached to an aromatic ring is 1. The fourth-order valence-corrected chi connectivity index (χ4v) is 4.06. The van der Waals surface area contributed by atoms with Gasteiger partial charge in [0.2, 0.25) is 0 Å². The highest BCUT2D eigenvalue weighted by molar-refractivity contribution is 5.89. The summed E-state index contributed by atoms with van der Waals surface area (Å²) >= 11 is 0. The van der Waals surface area contributed by atoms with Gasteiger partial charge in [-0.1, -0.05) is 5.16 Å². The second kappa shape index (κ2) is 7.53. The average Bonchev–Trinajstić information content (AvgIpc) is 3.56. The fourth-order valence-electron chi connectivity index (χ4n) is 4.06. The topological polar surface area (TPSA) is 123 Å². The number of nitrogens with two attached hydrogens (primary N) is 1. The Morgan fingerprint density at radius 1 is 1.03 bits per heavy atom. The van der Waals surface area contributed by atoms with E-state index in [0.717, 1.165) is 27.0 Å². The third kappa shape index (κ3) is 3.24. The van der Waals surface area contributed by atoms with Gasteiger partial charge in [-0.25, -0.2) is 14.6 Å². The number of aromatic nitrogens is 7. The van der Waals surface area contributed by atoms with Crippen LogP contribution in [-0.4, -0.2) is 34.0 Å². The number of fused-ring (bicyclic) bond motifs is 2. The van der Waals surface area contributed by atoms with E-state index in [9.17, 15) is 18.0 Å². The van der Waals surface area contributed by atoms with E-state index in [4.69, 9.17) is 10.3 Å². The predicted octanol–water partition coefficient (Wildman–Crippen LogP) is 3.71. The average molecular weight is 492 g/mol. The van der Waals surface area contributed by atoms with Crippen molar-refractivity contribution in [2.24, 2.45) is 7.05 Å². The first kappa shape index (κ1) is 21.6. The Bertz CT molecular complexity index is 1830. The number of imidazole rings is 1. The van der Waals surface area contributed by atoms with Crippen molar-refractivity contribution in [3.8, 4) is 22.8 Å². The summed E-state index contributed by atoms with van der Waals surface area (Å²) in [7, 11) is 1.85. The number of anilines is 1. The lowest BCUT2D eigenvalue weighted by Gasteiger charge is -2.08. The number of nitrogens with zero attached hydrogens (tertiary/aromatic N) is 7. The Morgan fingerprint density at radius 2 is 1.78 bits per heavy atom. The van der Waals surface area contributed by atoms with E-state index < -0.39 is 22.9 Å². The second-order valence-corrected chi connectivity index (χ2v) is 8.03. The van der Waals surface area contributed by atoms with Gasteiger partial charge < -0.3 is 14.8 Å². The molecule has 13 heteroatoms. The highest BCUT2D eigenvalue weighted by Crippen LogP contribution is 2.34. The van der Waals surface area contributed by atoms with E-state index in [-0.39, 0.29) is 17.0 Å². The maximum atomic E-state index is 13.8. The molecule has 0 amide bonds. The van der Waals surface area contributed by atoms with Gasteiger partial charge in [0.25, 0.3) is 5.56 Å². The van der Waals surface area contributed by atoms with E-state index >= 15 is 0 Å². The van der Waals surface area contributed by atoms with Crippen LogP contribution in [0.2, 0.25) is 0 Å². The Balaban J connectivity index is 1.56. The van der Waals surface area contributed by atoms with Crippen LogP contribution in [0.1, 0.15) is 5.69 Å². The van der Waals surface area contributed by atoms with Crippen LogP contribution in [0.4, 0.5) is 19.0 Å².